The van der Waals surface area contributed by atoms with E-state index >= 15 is 0 Å². The van der Waals surface area contributed by atoms with E-state index in [-0.39, 0.29) is 0 Å². The van der Waals surface area contributed by atoms with Gasteiger partial charge in [-0.15, -0.1) is 6.58 Å². The Balaban J connectivity index is 2.14. The van der Waals surface area contributed by atoms with Crippen LogP contribution in [0.4, 0.5) is 0 Å². The molecule has 0 heterocycles. The Morgan fingerprint density at radius 2 is 2.06 bits per heavy atom. The monoisotopic (exact) mass is 233 g/mol. The Bertz CT molecular complexity index is 346. The van der Waals surface area contributed by atoms with Crippen molar-refractivity contribution in [3.05, 3.63) is 60.3 Å². The minimum atomic E-state index is 0.482. The molecule has 17 heavy (non-hydrogen) atoms. The molecule has 0 saturated heterocycles. The normalized spacial score (nSPS) is 11.2. The molecule has 1 aromatic carbocycles. The third-order valence-corrected chi connectivity index (χ3v) is 2.05. The predicted octanol–water partition coefficient (Wildman–Crippen LogP) is 2.81. The summed E-state index contributed by atoms with van der Waals surface area (Å²) in [6, 6.07) is 10.1. The number of benzene rings is 1. The average Bonchev–Trinajstić information content (AvgIpc) is 2.36. The summed E-state index contributed by atoms with van der Waals surface area (Å²) in [5.74, 6) is 0. The topological polar surface area (TPSA) is 30.5 Å². The fraction of sp³-hybridized carbons (Fsp3) is 0.286. The van der Waals surface area contributed by atoms with Crippen molar-refractivity contribution in [2.24, 2.45) is 0 Å². The molecule has 1 aromatic rings. The lowest BCUT2D eigenvalue weighted by molar-refractivity contribution is 0.0843. The Kier molecular flexibility index (Phi) is 6.79. The molecule has 0 aliphatic rings. The molecule has 0 unspecified atom stereocenters. The summed E-state index contributed by atoms with van der Waals surface area (Å²) in [5, 5.41) is 0. The summed E-state index contributed by atoms with van der Waals surface area (Å²) in [6.45, 7) is 7.15. The molecule has 3 heteroatoms. The van der Waals surface area contributed by atoms with Crippen LogP contribution in [0.5, 0.6) is 0 Å². The fourth-order valence-corrected chi connectivity index (χ4v) is 1.19. The third-order valence-electron chi connectivity index (χ3n) is 2.05. The highest BCUT2D eigenvalue weighted by molar-refractivity contribution is 5.13. The quantitative estimate of drug-likeness (QED) is 0.425. The van der Waals surface area contributed by atoms with Crippen LogP contribution in [0.1, 0.15) is 12.5 Å². The van der Waals surface area contributed by atoms with Gasteiger partial charge >= 0.3 is 0 Å². The first-order chi connectivity index (χ1) is 8.33. The molecule has 1 rings (SSSR count). The molecule has 0 aromatic heterocycles. The number of ether oxygens (including phenoxy) is 1. The first-order valence-electron chi connectivity index (χ1n) is 5.60. The fourth-order valence-electron chi connectivity index (χ4n) is 1.19. The number of hydroxylamine groups is 1. The number of allylic oxidation sites excluding steroid dienone is 1. The van der Waals surface area contributed by atoms with Gasteiger partial charge in [0.15, 0.2) is 0 Å². The van der Waals surface area contributed by atoms with Gasteiger partial charge in [0.25, 0.3) is 0 Å². The molecule has 3 nitrogen and oxygen atoms in total. The van der Waals surface area contributed by atoms with E-state index in [1.165, 1.54) is 5.56 Å². The molecule has 0 bridgehead atoms. The van der Waals surface area contributed by atoms with Crippen LogP contribution in [0.2, 0.25) is 0 Å². The van der Waals surface area contributed by atoms with E-state index in [4.69, 9.17) is 9.57 Å². The van der Waals surface area contributed by atoms with Gasteiger partial charge in [0.2, 0.25) is 0 Å². The van der Waals surface area contributed by atoms with Gasteiger partial charge in [-0.2, -0.15) is 0 Å². The molecule has 0 saturated carbocycles. The van der Waals surface area contributed by atoms with Gasteiger partial charge < -0.3 is 4.74 Å². The Morgan fingerprint density at radius 3 is 2.76 bits per heavy atom. The minimum absolute atomic E-state index is 0.482. The number of hydrogen-bond donors (Lipinski definition) is 1. The zero-order valence-corrected chi connectivity index (χ0v) is 10.2. The molecular weight excluding hydrogens is 214 g/mol. The van der Waals surface area contributed by atoms with Crippen molar-refractivity contribution in [1.29, 1.82) is 0 Å². The van der Waals surface area contributed by atoms with E-state index in [9.17, 15) is 0 Å². The lowest BCUT2D eigenvalue weighted by Gasteiger charge is -2.05. The minimum Gasteiger partial charge on any atom is -0.373 e. The molecule has 0 atom stereocenters. The molecule has 0 radical (unpaired) electrons. The zero-order valence-electron chi connectivity index (χ0n) is 10.2. The van der Waals surface area contributed by atoms with Gasteiger partial charge in [-0.1, -0.05) is 36.4 Å². The summed E-state index contributed by atoms with van der Waals surface area (Å²) < 4.78 is 5.50. The first kappa shape index (κ1) is 13.5. The van der Waals surface area contributed by atoms with Crippen LogP contribution in [-0.2, 0) is 16.2 Å². The smallest absolute Gasteiger partial charge is 0.0924 e. The summed E-state index contributed by atoms with van der Waals surface area (Å²) in [6.07, 6.45) is 3.62. The maximum absolute atomic E-state index is 5.50. The maximum Gasteiger partial charge on any atom is 0.0924 e. The molecule has 0 aliphatic carbocycles. The number of rotatable bonds is 8. The van der Waals surface area contributed by atoms with Crippen molar-refractivity contribution < 1.29 is 9.57 Å². The van der Waals surface area contributed by atoms with E-state index in [2.05, 4.69) is 12.1 Å². The number of nitrogens with one attached hydrogen (secondary N) is 1. The lowest BCUT2D eigenvalue weighted by Crippen LogP contribution is -2.12. The van der Waals surface area contributed by atoms with Crippen LogP contribution < -0.4 is 5.48 Å². The average molecular weight is 233 g/mol. The summed E-state index contributed by atoms with van der Waals surface area (Å²) in [5.41, 5.74) is 4.90. The molecule has 0 aliphatic heterocycles. The van der Waals surface area contributed by atoms with Crippen molar-refractivity contribution in [3.8, 4) is 0 Å². The highest BCUT2D eigenvalue weighted by Gasteiger charge is 1.91. The van der Waals surface area contributed by atoms with Crippen LogP contribution in [0, 0.1) is 0 Å². The molecule has 1 N–H and O–H groups in total. The summed E-state index contributed by atoms with van der Waals surface area (Å²) in [4.78, 5) is 5.07. The van der Waals surface area contributed by atoms with Crippen LogP contribution in [0.25, 0.3) is 0 Å². The number of hydrogen-bond acceptors (Lipinski definition) is 3. The second-order valence-electron chi connectivity index (χ2n) is 3.59. The highest BCUT2D eigenvalue weighted by atomic mass is 16.6. The van der Waals surface area contributed by atoms with E-state index in [1.54, 1.807) is 6.08 Å². The zero-order chi connectivity index (χ0) is 12.3. The molecule has 92 valence electrons. The van der Waals surface area contributed by atoms with Gasteiger partial charge in [0.1, 0.15) is 0 Å². The van der Waals surface area contributed by atoms with Crippen molar-refractivity contribution in [2.75, 3.05) is 13.2 Å². The van der Waals surface area contributed by atoms with E-state index < -0.39 is 0 Å². The van der Waals surface area contributed by atoms with Crippen molar-refractivity contribution >= 4 is 0 Å². The predicted molar refractivity (Wildman–Crippen MR) is 69.1 cm³/mol. The van der Waals surface area contributed by atoms with Gasteiger partial charge in [0, 0.05) is 5.70 Å². The van der Waals surface area contributed by atoms with Gasteiger partial charge in [-0.25, -0.2) is 0 Å². The Labute approximate surface area is 103 Å². The molecule has 0 amide bonds. The third kappa shape index (κ3) is 6.56. The Hall–Kier alpha value is -1.58. The Morgan fingerprint density at radius 1 is 1.29 bits per heavy atom. The van der Waals surface area contributed by atoms with Crippen LogP contribution in [0.15, 0.2) is 54.8 Å². The van der Waals surface area contributed by atoms with Crippen LogP contribution in [0.3, 0.4) is 0 Å². The van der Waals surface area contributed by atoms with E-state index in [0.29, 0.717) is 19.8 Å². The largest absolute Gasteiger partial charge is 0.373 e. The lowest BCUT2D eigenvalue weighted by atomic mass is 10.2. The van der Waals surface area contributed by atoms with Gasteiger partial charge in [0.05, 0.1) is 19.8 Å². The highest BCUT2D eigenvalue weighted by Crippen LogP contribution is 2.00. The van der Waals surface area contributed by atoms with Crippen molar-refractivity contribution in [2.45, 2.75) is 13.5 Å². The van der Waals surface area contributed by atoms with Crippen LogP contribution in [-0.4, -0.2) is 13.2 Å². The second kappa shape index (κ2) is 8.56. The van der Waals surface area contributed by atoms with E-state index in [1.807, 2.05) is 43.3 Å². The van der Waals surface area contributed by atoms with Crippen molar-refractivity contribution in [1.82, 2.24) is 5.48 Å². The summed E-state index contributed by atoms with van der Waals surface area (Å²) >= 11 is 0. The molecule has 0 fully saturated rings. The first-order valence-corrected chi connectivity index (χ1v) is 5.60. The molecule has 0 spiro atoms. The van der Waals surface area contributed by atoms with Gasteiger partial charge in [-0.05, 0) is 18.6 Å². The van der Waals surface area contributed by atoms with Crippen LogP contribution >= 0.6 is 0 Å². The standard InChI is InChI=1S/C14H19NO2/c1-3-10-17-15-13(2)9-11-16-12-14-7-5-4-6-8-14/h3-9,15H,1,10-12H2,2H3. The van der Waals surface area contributed by atoms with Gasteiger partial charge in [-0.3, -0.25) is 10.3 Å². The second-order valence-corrected chi connectivity index (χ2v) is 3.59. The molecular formula is C14H19NO2. The SMILES string of the molecule is C=CCONC(C)=CCOCc1ccccc1. The van der Waals surface area contributed by atoms with Crippen molar-refractivity contribution in [3.63, 3.8) is 0 Å². The summed E-state index contributed by atoms with van der Waals surface area (Å²) in [7, 11) is 0. The van der Waals surface area contributed by atoms with E-state index in [0.717, 1.165) is 5.70 Å². The maximum atomic E-state index is 5.50.